The molecule has 11 heteroatoms. The topological polar surface area (TPSA) is 92.3 Å². The zero-order valence-electron chi connectivity index (χ0n) is 17.1. The Morgan fingerprint density at radius 2 is 1.90 bits per heavy atom. The number of nitrogens with one attached hydrogen (secondary N) is 1. The van der Waals surface area contributed by atoms with Crippen LogP contribution in [0.1, 0.15) is 19.4 Å². The summed E-state index contributed by atoms with van der Waals surface area (Å²) in [4.78, 5) is 12.9. The van der Waals surface area contributed by atoms with E-state index in [0.29, 0.717) is 26.7 Å². The molecule has 0 spiro atoms. The van der Waals surface area contributed by atoms with Crippen LogP contribution in [0.2, 0.25) is 5.02 Å². The van der Waals surface area contributed by atoms with Gasteiger partial charge >= 0.3 is 0 Å². The van der Waals surface area contributed by atoms with E-state index in [1.54, 1.807) is 43.3 Å². The van der Waals surface area contributed by atoms with Crippen LogP contribution in [0.25, 0.3) is 0 Å². The first-order valence-electron chi connectivity index (χ1n) is 9.31. The van der Waals surface area contributed by atoms with Crippen molar-refractivity contribution in [2.24, 2.45) is 0 Å². The lowest BCUT2D eigenvalue weighted by molar-refractivity contribution is -0.114. The summed E-state index contributed by atoms with van der Waals surface area (Å²) >= 11 is 8.82. The lowest BCUT2D eigenvalue weighted by atomic mass is 10.2. The number of nitrogens with zero attached hydrogens (tertiary/aromatic N) is 3. The standard InChI is InChI=1S/C20H21ClN4O3S3/c1-13(2)29-20-24-23-19(30-20)22-18(26)12-25(17-10-9-15(21)11-14(17)3)31(27,28)16-7-5-4-6-8-16/h4-11,13H,12H2,1-3H3,(H,22,23,26). The Hall–Kier alpha value is -2.14. The van der Waals surface area contributed by atoms with Gasteiger partial charge in [-0.1, -0.05) is 66.7 Å². The smallest absolute Gasteiger partial charge is 0.264 e. The second kappa shape index (κ2) is 9.99. The molecule has 31 heavy (non-hydrogen) atoms. The maximum absolute atomic E-state index is 13.4. The number of aryl methyl sites for hydroxylation is 1. The molecule has 3 rings (SSSR count). The summed E-state index contributed by atoms with van der Waals surface area (Å²) < 4.78 is 28.5. The molecule has 0 aliphatic heterocycles. The average Bonchev–Trinajstić information content (AvgIpc) is 3.13. The van der Waals surface area contributed by atoms with Gasteiger partial charge in [0, 0.05) is 10.3 Å². The van der Waals surface area contributed by atoms with Gasteiger partial charge in [0.1, 0.15) is 6.54 Å². The first-order chi connectivity index (χ1) is 14.7. The van der Waals surface area contributed by atoms with E-state index in [2.05, 4.69) is 15.5 Å². The SMILES string of the molecule is Cc1cc(Cl)ccc1N(CC(=O)Nc1nnc(SC(C)C)s1)S(=O)(=O)c1ccccc1. The summed E-state index contributed by atoms with van der Waals surface area (Å²) in [6.07, 6.45) is 0. The largest absolute Gasteiger partial charge is 0.299 e. The number of hydrogen-bond acceptors (Lipinski definition) is 7. The summed E-state index contributed by atoms with van der Waals surface area (Å²) in [5.74, 6) is -0.522. The zero-order valence-corrected chi connectivity index (χ0v) is 20.3. The normalized spacial score (nSPS) is 11.5. The molecule has 0 bridgehead atoms. The van der Waals surface area contributed by atoms with Crippen molar-refractivity contribution in [3.63, 3.8) is 0 Å². The van der Waals surface area contributed by atoms with Crippen LogP contribution in [0.15, 0.2) is 57.8 Å². The van der Waals surface area contributed by atoms with E-state index >= 15 is 0 Å². The van der Waals surface area contributed by atoms with E-state index in [1.807, 2.05) is 13.8 Å². The molecule has 1 amide bonds. The van der Waals surface area contributed by atoms with E-state index in [1.165, 1.54) is 35.2 Å². The van der Waals surface area contributed by atoms with Crippen molar-refractivity contribution < 1.29 is 13.2 Å². The maximum atomic E-state index is 13.4. The lowest BCUT2D eigenvalue weighted by Gasteiger charge is -2.25. The van der Waals surface area contributed by atoms with Gasteiger partial charge < -0.3 is 0 Å². The van der Waals surface area contributed by atoms with E-state index in [0.717, 1.165) is 8.64 Å². The fraction of sp³-hybridized carbons (Fsp3) is 0.250. The number of anilines is 2. The molecule has 3 aromatic rings. The van der Waals surface area contributed by atoms with Crippen LogP contribution in [0.5, 0.6) is 0 Å². The third kappa shape index (κ3) is 5.97. The number of amides is 1. The third-order valence-electron chi connectivity index (χ3n) is 4.04. The van der Waals surface area contributed by atoms with Gasteiger partial charge in [-0.15, -0.1) is 10.2 Å². The first-order valence-corrected chi connectivity index (χ1v) is 12.8. The number of thioether (sulfide) groups is 1. The number of rotatable bonds is 8. The molecule has 0 unspecified atom stereocenters. The fourth-order valence-corrected chi connectivity index (χ4v) is 6.44. The minimum atomic E-state index is -3.99. The maximum Gasteiger partial charge on any atom is 0.264 e. The van der Waals surface area contributed by atoms with Gasteiger partial charge in [-0.05, 0) is 42.8 Å². The van der Waals surface area contributed by atoms with E-state index < -0.39 is 22.5 Å². The molecule has 1 heterocycles. The first kappa shape index (κ1) is 23.5. The van der Waals surface area contributed by atoms with Crippen LogP contribution in [-0.4, -0.2) is 36.3 Å². The summed E-state index contributed by atoms with van der Waals surface area (Å²) in [5.41, 5.74) is 1.00. The van der Waals surface area contributed by atoms with Gasteiger partial charge in [0.15, 0.2) is 4.34 Å². The Morgan fingerprint density at radius 1 is 1.19 bits per heavy atom. The highest BCUT2D eigenvalue weighted by atomic mass is 35.5. The van der Waals surface area contributed by atoms with Gasteiger partial charge in [0.2, 0.25) is 11.0 Å². The van der Waals surface area contributed by atoms with Crippen molar-refractivity contribution in [3.8, 4) is 0 Å². The molecule has 0 fully saturated rings. The van der Waals surface area contributed by atoms with E-state index in [9.17, 15) is 13.2 Å². The van der Waals surface area contributed by atoms with Gasteiger partial charge in [-0.2, -0.15) is 0 Å². The minimum Gasteiger partial charge on any atom is -0.299 e. The summed E-state index contributed by atoms with van der Waals surface area (Å²) in [5, 5.41) is 11.8. The monoisotopic (exact) mass is 496 g/mol. The highest BCUT2D eigenvalue weighted by Crippen LogP contribution is 2.30. The van der Waals surface area contributed by atoms with Crippen molar-refractivity contribution >= 4 is 61.4 Å². The third-order valence-corrected chi connectivity index (χ3v) is 7.97. The van der Waals surface area contributed by atoms with Gasteiger partial charge in [-0.3, -0.25) is 14.4 Å². The molecule has 0 saturated carbocycles. The van der Waals surface area contributed by atoms with Crippen LogP contribution in [0, 0.1) is 6.92 Å². The molecule has 0 atom stereocenters. The van der Waals surface area contributed by atoms with Crippen LogP contribution in [-0.2, 0) is 14.8 Å². The number of halogens is 1. The van der Waals surface area contributed by atoms with Crippen LogP contribution < -0.4 is 9.62 Å². The van der Waals surface area contributed by atoms with Crippen molar-refractivity contribution in [2.75, 3.05) is 16.2 Å². The predicted octanol–water partition coefficient (Wildman–Crippen LogP) is 4.83. The molecule has 0 saturated heterocycles. The quantitative estimate of drug-likeness (QED) is 0.354. The second-order valence-corrected chi connectivity index (χ2v) is 11.9. The van der Waals surface area contributed by atoms with Crippen LogP contribution in [0.4, 0.5) is 10.8 Å². The Kier molecular flexibility index (Phi) is 7.58. The molecule has 0 aliphatic rings. The highest BCUT2D eigenvalue weighted by Gasteiger charge is 2.28. The second-order valence-electron chi connectivity index (χ2n) is 6.84. The molecule has 2 aromatic carbocycles. The number of hydrogen-bond donors (Lipinski definition) is 1. The summed E-state index contributed by atoms with van der Waals surface area (Å²) in [6, 6.07) is 12.8. The molecular formula is C20H21ClN4O3S3. The predicted molar refractivity (Wildman–Crippen MR) is 127 cm³/mol. The Labute approximate surface area is 194 Å². The number of carbonyl (C=O) groups is 1. The number of carbonyl (C=O) groups excluding carboxylic acids is 1. The number of benzene rings is 2. The van der Waals surface area contributed by atoms with Crippen molar-refractivity contribution in [3.05, 3.63) is 59.1 Å². The Balaban J connectivity index is 1.90. The molecule has 1 N–H and O–H groups in total. The van der Waals surface area contributed by atoms with Gasteiger partial charge in [-0.25, -0.2) is 8.42 Å². The lowest BCUT2D eigenvalue weighted by Crippen LogP contribution is -2.38. The van der Waals surface area contributed by atoms with E-state index in [4.69, 9.17) is 11.6 Å². The van der Waals surface area contributed by atoms with Crippen LogP contribution in [0.3, 0.4) is 0 Å². The Bertz CT molecular complexity index is 1170. The van der Waals surface area contributed by atoms with Crippen LogP contribution >= 0.6 is 34.7 Å². The summed E-state index contributed by atoms with van der Waals surface area (Å²) in [7, 11) is -3.99. The van der Waals surface area contributed by atoms with Crippen molar-refractivity contribution in [1.29, 1.82) is 0 Å². The highest BCUT2D eigenvalue weighted by molar-refractivity contribution is 8.01. The molecular weight excluding hydrogens is 476 g/mol. The molecule has 7 nitrogen and oxygen atoms in total. The molecule has 164 valence electrons. The fourth-order valence-electron chi connectivity index (χ4n) is 2.72. The van der Waals surface area contributed by atoms with Gasteiger partial charge in [0.25, 0.3) is 10.0 Å². The number of aromatic nitrogens is 2. The van der Waals surface area contributed by atoms with Gasteiger partial charge in [0.05, 0.1) is 10.6 Å². The summed E-state index contributed by atoms with van der Waals surface area (Å²) in [6.45, 7) is 5.38. The Morgan fingerprint density at radius 3 is 2.55 bits per heavy atom. The minimum absolute atomic E-state index is 0.0867. The molecule has 0 radical (unpaired) electrons. The number of sulfonamides is 1. The van der Waals surface area contributed by atoms with E-state index in [-0.39, 0.29) is 4.90 Å². The molecule has 0 aliphatic carbocycles. The average molecular weight is 497 g/mol. The zero-order chi connectivity index (χ0) is 22.6. The van der Waals surface area contributed by atoms with Crippen molar-refractivity contribution in [2.45, 2.75) is 35.3 Å². The molecule has 1 aromatic heterocycles. The van der Waals surface area contributed by atoms with Crippen molar-refractivity contribution in [1.82, 2.24) is 10.2 Å².